The zero-order valence-electron chi connectivity index (χ0n) is 9.74. The molecule has 0 aromatic heterocycles. The number of fused-ring (bicyclic) bond motifs is 2. The van der Waals surface area contributed by atoms with E-state index in [1.807, 2.05) is 0 Å². The summed E-state index contributed by atoms with van der Waals surface area (Å²) in [6.45, 7) is 1.13. The summed E-state index contributed by atoms with van der Waals surface area (Å²) in [6, 6.07) is 0. The first kappa shape index (κ1) is 11.5. The van der Waals surface area contributed by atoms with Crippen LogP contribution in [-0.4, -0.2) is 59.0 Å². The van der Waals surface area contributed by atoms with Crippen molar-refractivity contribution in [2.75, 3.05) is 13.1 Å². The Bertz CT molecular complexity index is 410. The Balaban J connectivity index is 1.61. The van der Waals surface area contributed by atoms with Crippen molar-refractivity contribution in [1.82, 2.24) is 4.90 Å². The van der Waals surface area contributed by atoms with Gasteiger partial charge in [0.15, 0.2) is 5.71 Å². The first-order valence-corrected chi connectivity index (χ1v) is 6.03. The molecule has 0 aromatic rings. The zero-order valence-corrected chi connectivity index (χ0v) is 9.74. The number of morpholine rings is 1. The van der Waals surface area contributed by atoms with E-state index >= 15 is 0 Å². The number of carbonyl (C=O) groups is 2. The normalized spacial score (nSPS) is 34.1. The fourth-order valence-electron chi connectivity index (χ4n) is 2.63. The zero-order chi connectivity index (χ0) is 12.7. The molecular formula is C11H14N2O5. The summed E-state index contributed by atoms with van der Waals surface area (Å²) in [5, 5.41) is 12.2. The maximum absolute atomic E-state index is 12.2. The lowest BCUT2D eigenvalue weighted by Gasteiger charge is -2.33. The molecule has 3 atom stereocenters. The Hall–Kier alpha value is -1.63. The van der Waals surface area contributed by atoms with Crippen LogP contribution in [0, 0.1) is 0 Å². The Morgan fingerprint density at radius 3 is 2.50 bits per heavy atom. The van der Waals surface area contributed by atoms with Gasteiger partial charge in [0.05, 0.1) is 12.2 Å². The summed E-state index contributed by atoms with van der Waals surface area (Å²) in [4.78, 5) is 29.5. The second-order valence-electron chi connectivity index (χ2n) is 4.84. The predicted molar refractivity (Wildman–Crippen MR) is 59.0 cm³/mol. The van der Waals surface area contributed by atoms with Crippen LogP contribution in [-0.2, 0) is 19.2 Å². The van der Waals surface area contributed by atoms with Gasteiger partial charge in [0.1, 0.15) is 0 Å². The highest BCUT2D eigenvalue weighted by Gasteiger charge is 2.40. The van der Waals surface area contributed by atoms with Gasteiger partial charge in [-0.1, -0.05) is 5.16 Å². The van der Waals surface area contributed by atoms with Gasteiger partial charge >= 0.3 is 5.97 Å². The fourth-order valence-corrected chi connectivity index (χ4v) is 2.63. The number of aliphatic carboxylic acids is 1. The molecule has 7 nitrogen and oxygen atoms in total. The van der Waals surface area contributed by atoms with E-state index in [0.717, 1.165) is 12.8 Å². The topological polar surface area (TPSA) is 88.4 Å². The minimum absolute atomic E-state index is 0.0425. The molecule has 2 saturated heterocycles. The molecule has 3 aliphatic rings. The lowest BCUT2D eigenvalue weighted by molar-refractivity contribution is -0.150. The van der Waals surface area contributed by atoms with Gasteiger partial charge in [-0.15, -0.1) is 0 Å². The van der Waals surface area contributed by atoms with E-state index in [2.05, 4.69) is 5.16 Å². The van der Waals surface area contributed by atoms with Crippen molar-refractivity contribution in [2.45, 2.75) is 37.6 Å². The van der Waals surface area contributed by atoms with Crippen LogP contribution in [0.15, 0.2) is 5.16 Å². The molecule has 3 heterocycles. The predicted octanol–water partition coefficient (Wildman–Crippen LogP) is -0.394. The number of hydrogen-bond acceptors (Lipinski definition) is 5. The molecule has 18 heavy (non-hydrogen) atoms. The number of amides is 1. The molecule has 1 amide bonds. The molecule has 7 heteroatoms. The third-order valence-electron chi connectivity index (χ3n) is 3.55. The molecule has 2 fully saturated rings. The number of carboxylic acids is 1. The summed E-state index contributed by atoms with van der Waals surface area (Å²) < 4.78 is 5.64. The van der Waals surface area contributed by atoms with Crippen LogP contribution in [0.4, 0.5) is 0 Å². The molecule has 3 rings (SSSR count). The number of oxime groups is 1. The largest absolute Gasteiger partial charge is 0.477 e. The molecular weight excluding hydrogens is 240 g/mol. The van der Waals surface area contributed by atoms with Crippen LogP contribution in [0.25, 0.3) is 0 Å². The lowest BCUT2D eigenvalue weighted by Crippen LogP contribution is -2.49. The van der Waals surface area contributed by atoms with E-state index in [9.17, 15) is 9.59 Å². The summed E-state index contributed by atoms with van der Waals surface area (Å²) in [7, 11) is 0. The van der Waals surface area contributed by atoms with Crippen LogP contribution >= 0.6 is 0 Å². The SMILES string of the molecule is O=C(O)C1=NOC(C(=O)N2CC3CCC(C2)O3)C1. The van der Waals surface area contributed by atoms with Crippen molar-refractivity contribution in [1.29, 1.82) is 0 Å². The Kier molecular flexibility index (Phi) is 2.70. The molecule has 98 valence electrons. The van der Waals surface area contributed by atoms with Gasteiger partial charge in [0.25, 0.3) is 5.91 Å². The fraction of sp³-hybridized carbons (Fsp3) is 0.727. The average molecular weight is 254 g/mol. The standard InChI is InChI=1S/C11H14N2O5/c14-10(9-3-8(11(15)16)12-18-9)13-4-6-1-2-7(5-13)17-6/h6-7,9H,1-5H2,(H,15,16). The van der Waals surface area contributed by atoms with E-state index in [4.69, 9.17) is 14.7 Å². The number of rotatable bonds is 2. The highest BCUT2D eigenvalue weighted by Crippen LogP contribution is 2.27. The first-order valence-electron chi connectivity index (χ1n) is 6.03. The maximum atomic E-state index is 12.2. The molecule has 0 aliphatic carbocycles. The van der Waals surface area contributed by atoms with Gasteiger partial charge in [0.2, 0.25) is 6.10 Å². The van der Waals surface area contributed by atoms with Gasteiger partial charge < -0.3 is 19.6 Å². The highest BCUT2D eigenvalue weighted by atomic mass is 16.6. The number of hydrogen-bond donors (Lipinski definition) is 1. The smallest absolute Gasteiger partial charge is 0.353 e. The van der Waals surface area contributed by atoms with E-state index in [-0.39, 0.29) is 30.2 Å². The summed E-state index contributed by atoms with van der Waals surface area (Å²) in [5.41, 5.74) is -0.0930. The first-order chi connectivity index (χ1) is 8.63. The summed E-state index contributed by atoms with van der Waals surface area (Å²) in [6.07, 6.45) is 1.46. The number of nitrogens with zero attached hydrogens (tertiary/aromatic N) is 2. The summed E-state index contributed by atoms with van der Waals surface area (Å²) >= 11 is 0. The van der Waals surface area contributed by atoms with Crippen LogP contribution < -0.4 is 0 Å². The van der Waals surface area contributed by atoms with Gasteiger partial charge in [-0.2, -0.15) is 0 Å². The monoisotopic (exact) mass is 254 g/mol. The molecule has 0 spiro atoms. The van der Waals surface area contributed by atoms with E-state index in [0.29, 0.717) is 13.1 Å². The maximum Gasteiger partial charge on any atom is 0.353 e. The Morgan fingerprint density at radius 2 is 1.94 bits per heavy atom. The lowest BCUT2D eigenvalue weighted by atomic mass is 10.1. The third kappa shape index (κ3) is 1.94. The van der Waals surface area contributed by atoms with Gasteiger partial charge in [-0.05, 0) is 12.8 Å². The Labute approximate surface area is 103 Å². The number of likely N-dealkylation sites (tertiary alicyclic amines) is 1. The van der Waals surface area contributed by atoms with Crippen molar-refractivity contribution in [3.05, 3.63) is 0 Å². The summed E-state index contributed by atoms with van der Waals surface area (Å²) in [5.74, 6) is -1.32. The van der Waals surface area contributed by atoms with E-state index < -0.39 is 12.1 Å². The van der Waals surface area contributed by atoms with Crippen LogP contribution in [0.5, 0.6) is 0 Å². The number of carboxylic acid groups (broad SMARTS) is 1. The molecule has 0 radical (unpaired) electrons. The Morgan fingerprint density at radius 1 is 1.28 bits per heavy atom. The van der Waals surface area contributed by atoms with Crippen molar-refractivity contribution in [2.24, 2.45) is 5.16 Å². The van der Waals surface area contributed by atoms with Crippen molar-refractivity contribution < 1.29 is 24.3 Å². The van der Waals surface area contributed by atoms with Crippen LogP contribution in [0.2, 0.25) is 0 Å². The van der Waals surface area contributed by atoms with Crippen molar-refractivity contribution in [3.63, 3.8) is 0 Å². The van der Waals surface area contributed by atoms with Gasteiger partial charge in [0, 0.05) is 19.5 Å². The third-order valence-corrected chi connectivity index (χ3v) is 3.55. The number of ether oxygens (including phenoxy) is 1. The average Bonchev–Trinajstić information content (AvgIpc) is 2.95. The molecule has 0 aromatic carbocycles. The van der Waals surface area contributed by atoms with E-state index in [1.165, 1.54) is 0 Å². The van der Waals surface area contributed by atoms with Crippen LogP contribution in [0.3, 0.4) is 0 Å². The molecule has 2 bridgehead atoms. The molecule has 0 saturated carbocycles. The van der Waals surface area contributed by atoms with Gasteiger partial charge in [-0.3, -0.25) is 4.79 Å². The second kappa shape index (κ2) is 4.24. The van der Waals surface area contributed by atoms with Crippen molar-refractivity contribution in [3.8, 4) is 0 Å². The minimum atomic E-state index is -1.13. The van der Waals surface area contributed by atoms with Crippen molar-refractivity contribution >= 4 is 17.6 Å². The molecule has 3 unspecified atom stereocenters. The highest BCUT2D eigenvalue weighted by molar-refractivity contribution is 6.36. The quantitative estimate of drug-likeness (QED) is 0.724. The second-order valence-corrected chi connectivity index (χ2v) is 4.84. The van der Waals surface area contributed by atoms with Crippen LogP contribution in [0.1, 0.15) is 19.3 Å². The minimum Gasteiger partial charge on any atom is -0.477 e. The van der Waals surface area contributed by atoms with Gasteiger partial charge in [-0.25, -0.2) is 4.79 Å². The molecule has 1 N–H and O–H groups in total. The number of carbonyl (C=O) groups excluding carboxylic acids is 1. The van der Waals surface area contributed by atoms with E-state index in [1.54, 1.807) is 4.90 Å². The molecule has 3 aliphatic heterocycles.